The Balaban J connectivity index is 2.02. The summed E-state index contributed by atoms with van der Waals surface area (Å²) in [5.41, 5.74) is 1.26. The summed E-state index contributed by atoms with van der Waals surface area (Å²) in [5.74, 6) is 1.40. The Hall–Kier alpha value is -1.57. The highest BCUT2D eigenvalue weighted by atomic mass is 15.1. The lowest BCUT2D eigenvalue weighted by molar-refractivity contribution is -0.703. The normalized spacial score (nSPS) is 10.9. The largest absolute Gasteiger partial charge is 0.261 e. The Morgan fingerprint density at radius 2 is 1.70 bits per heavy atom. The molecule has 0 radical (unpaired) electrons. The van der Waals surface area contributed by atoms with Crippen molar-refractivity contribution in [2.75, 3.05) is 0 Å². The van der Waals surface area contributed by atoms with Crippen LogP contribution in [0.15, 0.2) is 42.7 Å². The van der Waals surface area contributed by atoms with Gasteiger partial charge in [-0.05, 0) is 25.0 Å². The molecule has 2 heteroatoms. The monoisotopic (exact) mass is 271 g/mol. The molecule has 0 atom stereocenters. The van der Waals surface area contributed by atoms with Gasteiger partial charge in [-0.2, -0.15) is 4.57 Å². The van der Waals surface area contributed by atoms with Gasteiger partial charge in [-0.1, -0.05) is 51.3 Å². The summed E-state index contributed by atoms with van der Waals surface area (Å²) in [6.07, 6.45) is 12.2. The number of hydrogen-bond acceptors (Lipinski definition) is 0. The number of imidazole rings is 1. The van der Waals surface area contributed by atoms with Gasteiger partial charge in [0.25, 0.3) is 5.82 Å². The van der Waals surface area contributed by atoms with Crippen LogP contribution in [0.5, 0.6) is 0 Å². The third-order valence-electron chi connectivity index (χ3n) is 3.86. The lowest BCUT2D eigenvalue weighted by atomic mass is 10.1. The maximum absolute atomic E-state index is 2.42. The Labute approximate surface area is 123 Å². The van der Waals surface area contributed by atoms with Crippen molar-refractivity contribution in [3.63, 3.8) is 0 Å². The van der Waals surface area contributed by atoms with Crippen LogP contribution in [-0.4, -0.2) is 4.57 Å². The van der Waals surface area contributed by atoms with Crippen LogP contribution in [0.4, 0.5) is 0 Å². The van der Waals surface area contributed by atoms with E-state index in [-0.39, 0.29) is 0 Å². The van der Waals surface area contributed by atoms with E-state index in [0.29, 0.717) is 0 Å². The maximum atomic E-state index is 2.42. The van der Waals surface area contributed by atoms with Crippen LogP contribution in [-0.2, 0) is 13.0 Å². The minimum absolute atomic E-state index is 1.07. The van der Waals surface area contributed by atoms with Gasteiger partial charge in [0.15, 0.2) is 0 Å². The third kappa shape index (κ3) is 3.72. The second-order valence-electron chi connectivity index (χ2n) is 5.38. The first-order chi connectivity index (χ1) is 9.86. The summed E-state index contributed by atoms with van der Waals surface area (Å²) >= 11 is 0. The van der Waals surface area contributed by atoms with Gasteiger partial charge >= 0.3 is 0 Å². The highest BCUT2D eigenvalue weighted by Gasteiger charge is 2.16. The molecule has 20 heavy (non-hydrogen) atoms. The van der Waals surface area contributed by atoms with Crippen LogP contribution < -0.4 is 4.57 Å². The first kappa shape index (κ1) is 14.8. The summed E-state index contributed by atoms with van der Waals surface area (Å²) in [6.45, 7) is 5.65. The highest BCUT2D eigenvalue weighted by Crippen LogP contribution is 2.10. The van der Waals surface area contributed by atoms with Gasteiger partial charge < -0.3 is 0 Å². The van der Waals surface area contributed by atoms with Gasteiger partial charge in [0.2, 0.25) is 0 Å². The van der Waals surface area contributed by atoms with Crippen molar-refractivity contribution in [2.45, 2.75) is 58.9 Å². The summed E-state index contributed by atoms with van der Waals surface area (Å²) < 4.78 is 4.73. The second-order valence-corrected chi connectivity index (χ2v) is 5.38. The minimum Gasteiger partial charge on any atom is -0.234 e. The van der Waals surface area contributed by atoms with E-state index >= 15 is 0 Å². The molecule has 0 fully saturated rings. The lowest BCUT2D eigenvalue weighted by Gasteiger charge is -2.03. The highest BCUT2D eigenvalue weighted by molar-refractivity contribution is 5.31. The number of benzene rings is 1. The first-order valence-electron chi connectivity index (χ1n) is 8.02. The Morgan fingerprint density at radius 3 is 2.40 bits per heavy atom. The molecule has 0 aliphatic carbocycles. The zero-order valence-corrected chi connectivity index (χ0v) is 12.9. The van der Waals surface area contributed by atoms with Crippen molar-refractivity contribution >= 4 is 0 Å². The molecule has 0 bridgehead atoms. The average molecular weight is 271 g/mol. The fraction of sp³-hybridized carbons (Fsp3) is 0.500. The summed E-state index contributed by atoms with van der Waals surface area (Å²) in [4.78, 5) is 0. The molecule has 108 valence electrons. The third-order valence-corrected chi connectivity index (χ3v) is 3.86. The van der Waals surface area contributed by atoms with Gasteiger partial charge in [-0.3, -0.25) is 0 Å². The number of para-hydroxylation sites is 1. The fourth-order valence-corrected chi connectivity index (χ4v) is 2.74. The molecular formula is C18H27N2+. The molecule has 2 aromatic rings. The zero-order valence-electron chi connectivity index (χ0n) is 12.9. The van der Waals surface area contributed by atoms with Crippen molar-refractivity contribution in [3.05, 3.63) is 48.5 Å². The molecule has 0 spiro atoms. The number of hydrogen-bond donors (Lipinski definition) is 0. The number of nitrogens with zero attached hydrogens (tertiary/aromatic N) is 2. The smallest absolute Gasteiger partial charge is 0.234 e. The standard InChI is InChI=1S/C18H27N2/c1-3-5-6-7-11-14-19-15-16-20(18(19)4-2)17-12-9-8-10-13-17/h8-10,12-13,15-16H,3-7,11,14H2,1-2H3/q+1. The molecule has 1 heterocycles. The predicted molar refractivity (Wildman–Crippen MR) is 84.1 cm³/mol. The van der Waals surface area contributed by atoms with Crippen LogP contribution in [0.1, 0.15) is 51.8 Å². The van der Waals surface area contributed by atoms with Gasteiger partial charge in [-0.15, -0.1) is 0 Å². The van der Waals surface area contributed by atoms with Gasteiger partial charge in [-0.25, -0.2) is 4.57 Å². The van der Waals surface area contributed by atoms with E-state index in [0.717, 1.165) is 13.0 Å². The van der Waals surface area contributed by atoms with E-state index in [1.54, 1.807) is 0 Å². The van der Waals surface area contributed by atoms with Crippen LogP contribution in [0.3, 0.4) is 0 Å². The summed E-state index contributed by atoms with van der Waals surface area (Å²) in [6, 6.07) is 10.6. The van der Waals surface area contributed by atoms with Crippen LogP contribution in [0.25, 0.3) is 5.69 Å². The second kappa shape index (κ2) is 7.88. The molecular weight excluding hydrogens is 244 g/mol. The minimum atomic E-state index is 1.07. The predicted octanol–water partition coefficient (Wildman–Crippen LogP) is 4.30. The lowest BCUT2D eigenvalue weighted by Crippen LogP contribution is -2.36. The molecule has 0 N–H and O–H groups in total. The fourth-order valence-electron chi connectivity index (χ4n) is 2.74. The number of aryl methyl sites for hydroxylation is 1. The molecule has 2 rings (SSSR count). The van der Waals surface area contributed by atoms with Crippen molar-refractivity contribution in [3.8, 4) is 5.69 Å². The quantitative estimate of drug-likeness (QED) is 0.500. The summed E-state index contributed by atoms with van der Waals surface area (Å²) in [7, 11) is 0. The first-order valence-corrected chi connectivity index (χ1v) is 8.02. The van der Waals surface area contributed by atoms with Crippen LogP contribution >= 0.6 is 0 Å². The van der Waals surface area contributed by atoms with Crippen LogP contribution in [0, 0.1) is 0 Å². The maximum Gasteiger partial charge on any atom is 0.261 e. The number of unbranched alkanes of at least 4 members (excludes halogenated alkanes) is 4. The molecule has 1 aromatic heterocycles. The molecule has 0 unspecified atom stereocenters. The molecule has 0 saturated heterocycles. The van der Waals surface area contributed by atoms with Crippen molar-refractivity contribution in [1.29, 1.82) is 0 Å². The van der Waals surface area contributed by atoms with Gasteiger partial charge in [0.1, 0.15) is 18.1 Å². The Bertz CT molecular complexity index is 499. The van der Waals surface area contributed by atoms with Crippen molar-refractivity contribution in [2.24, 2.45) is 0 Å². The zero-order chi connectivity index (χ0) is 14.2. The average Bonchev–Trinajstić information content (AvgIpc) is 2.91. The Kier molecular flexibility index (Phi) is 5.85. The number of rotatable bonds is 8. The number of aromatic nitrogens is 2. The van der Waals surface area contributed by atoms with Crippen molar-refractivity contribution in [1.82, 2.24) is 4.57 Å². The van der Waals surface area contributed by atoms with Crippen molar-refractivity contribution < 1.29 is 4.57 Å². The molecule has 1 aromatic carbocycles. The molecule has 0 saturated carbocycles. The Morgan fingerprint density at radius 1 is 0.950 bits per heavy atom. The topological polar surface area (TPSA) is 8.81 Å². The molecule has 2 nitrogen and oxygen atoms in total. The SMILES string of the molecule is CCCCCCC[n+]1ccn(-c2ccccc2)c1CC. The van der Waals surface area contributed by atoms with E-state index in [2.05, 4.69) is 65.7 Å². The van der Waals surface area contributed by atoms with E-state index in [1.807, 2.05) is 0 Å². The molecule has 0 aliphatic heterocycles. The van der Waals surface area contributed by atoms with E-state index in [9.17, 15) is 0 Å². The van der Waals surface area contributed by atoms with Gasteiger partial charge in [0.05, 0.1) is 6.54 Å². The summed E-state index contributed by atoms with van der Waals surface area (Å²) in [5, 5.41) is 0. The van der Waals surface area contributed by atoms with E-state index in [4.69, 9.17) is 0 Å². The van der Waals surface area contributed by atoms with Crippen LogP contribution in [0.2, 0.25) is 0 Å². The van der Waals surface area contributed by atoms with Gasteiger partial charge in [0, 0.05) is 6.42 Å². The molecule has 0 amide bonds. The van der Waals surface area contributed by atoms with E-state index < -0.39 is 0 Å². The van der Waals surface area contributed by atoms with E-state index in [1.165, 1.54) is 43.6 Å². The molecule has 0 aliphatic rings.